The molecule has 0 spiro atoms. The molecular weight excluding hydrogens is 320 g/mol. The van der Waals surface area contributed by atoms with Crippen LogP contribution in [0.1, 0.15) is 0 Å². The van der Waals surface area contributed by atoms with Crippen molar-refractivity contribution in [3.8, 4) is 0 Å². The predicted molar refractivity (Wildman–Crippen MR) is 89.0 cm³/mol. The second-order valence-electron chi connectivity index (χ2n) is 4.47. The van der Waals surface area contributed by atoms with Crippen molar-refractivity contribution >= 4 is 17.6 Å². The lowest BCUT2D eigenvalue weighted by Gasteiger charge is -2.33. The first kappa shape index (κ1) is 19.1. The van der Waals surface area contributed by atoms with E-state index < -0.39 is 12.2 Å². The molecule has 23 heavy (non-hydrogen) atoms. The summed E-state index contributed by atoms with van der Waals surface area (Å²) in [5.41, 5.74) is -0.00684. The smallest absolute Gasteiger partial charge is 0.335 e. The normalized spacial score (nSPS) is 23.8. The first-order valence-electron chi connectivity index (χ1n) is 6.70. The minimum Gasteiger partial charge on any atom is -0.478 e. The van der Waals surface area contributed by atoms with Crippen molar-refractivity contribution in [2.24, 2.45) is 0 Å². The van der Waals surface area contributed by atoms with Crippen LogP contribution in [0.3, 0.4) is 0 Å². The molecule has 124 valence electrons. The summed E-state index contributed by atoms with van der Waals surface area (Å²) in [7, 11) is 1.70. The number of nitrogens with zero attached hydrogens (tertiary/aromatic N) is 1. The van der Waals surface area contributed by atoms with Gasteiger partial charge in [-0.1, -0.05) is 43.0 Å². The molecule has 1 rings (SSSR count). The summed E-state index contributed by atoms with van der Waals surface area (Å²) in [5.74, 6) is -1.07. The van der Waals surface area contributed by atoms with Crippen LogP contribution in [0.15, 0.2) is 72.4 Å². The van der Waals surface area contributed by atoms with Crippen molar-refractivity contribution < 1.29 is 19.8 Å². The zero-order valence-corrected chi connectivity index (χ0v) is 13.4. The predicted octanol–water partition coefficient (Wildman–Crippen LogP) is 2.65. The number of allylic oxidation sites excluding steroid dienone is 6. The standard InChI is InChI=1S/C16H19ClN2O4/c1-4-7-13(17)10-11-14-18-15(22-23-19(14)3)9-6-5-8-12(2)16(20)21/h4-11,14-15,18H,1-2H2,3H3,(H,20,21)/b8-5-,9-6+,11-10+,13-7+. The molecule has 0 radical (unpaired) electrons. The Labute approximate surface area is 140 Å². The van der Waals surface area contributed by atoms with Crippen LogP contribution in [0.5, 0.6) is 0 Å². The van der Waals surface area contributed by atoms with Crippen LogP contribution in [0.25, 0.3) is 0 Å². The molecule has 1 aliphatic heterocycles. The molecule has 0 aromatic heterocycles. The average Bonchev–Trinajstić information content (AvgIpc) is 2.51. The van der Waals surface area contributed by atoms with Gasteiger partial charge in [0.1, 0.15) is 6.17 Å². The third-order valence-corrected chi connectivity index (χ3v) is 2.93. The van der Waals surface area contributed by atoms with Gasteiger partial charge < -0.3 is 5.11 Å². The van der Waals surface area contributed by atoms with Crippen LogP contribution < -0.4 is 5.32 Å². The Balaban J connectivity index is 2.60. The van der Waals surface area contributed by atoms with Crippen LogP contribution in [-0.2, 0) is 14.7 Å². The first-order valence-corrected chi connectivity index (χ1v) is 7.07. The average molecular weight is 339 g/mol. The molecule has 0 bridgehead atoms. The maximum Gasteiger partial charge on any atom is 0.335 e. The van der Waals surface area contributed by atoms with Crippen LogP contribution in [0, 0.1) is 0 Å². The summed E-state index contributed by atoms with van der Waals surface area (Å²) in [5, 5.41) is 13.8. The van der Waals surface area contributed by atoms with E-state index in [9.17, 15) is 4.79 Å². The molecule has 0 aliphatic carbocycles. The highest BCUT2D eigenvalue weighted by atomic mass is 35.5. The van der Waals surface area contributed by atoms with E-state index in [1.165, 1.54) is 11.1 Å². The Morgan fingerprint density at radius 3 is 2.74 bits per heavy atom. The third-order valence-electron chi connectivity index (χ3n) is 2.67. The highest BCUT2D eigenvalue weighted by Gasteiger charge is 2.23. The van der Waals surface area contributed by atoms with Gasteiger partial charge in [-0.3, -0.25) is 5.32 Å². The number of halogens is 1. The summed E-state index contributed by atoms with van der Waals surface area (Å²) in [6.45, 7) is 6.95. The Bertz CT molecular complexity index is 566. The van der Waals surface area contributed by atoms with Crippen molar-refractivity contribution in [2.75, 3.05) is 7.05 Å². The number of hydroxylamine groups is 2. The van der Waals surface area contributed by atoms with Crippen molar-refractivity contribution in [1.82, 2.24) is 10.4 Å². The monoisotopic (exact) mass is 338 g/mol. The summed E-state index contributed by atoms with van der Waals surface area (Å²) < 4.78 is 0. The van der Waals surface area contributed by atoms with E-state index in [1.54, 1.807) is 49.6 Å². The number of likely N-dealkylation sites (N-methyl/N-ethyl adjacent to an activating group) is 1. The fourth-order valence-electron chi connectivity index (χ4n) is 1.49. The molecule has 2 N–H and O–H groups in total. The lowest BCUT2D eigenvalue weighted by molar-refractivity contribution is -0.470. The second-order valence-corrected chi connectivity index (χ2v) is 4.91. The zero-order chi connectivity index (χ0) is 17.2. The molecular formula is C16H19ClN2O4. The van der Waals surface area contributed by atoms with Gasteiger partial charge in [0.05, 0.1) is 5.57 Å². The van der Waals surface area contributed by atoms with E-state index >= 15 is 0 Å². The number of carboxylic acids is 1. The molecule has 1 fully saturated rings. The van der Waals surface area contributed by atoms with Crippen molar-refractivity contribution in [3.05, 3.63) is 72.4 Å². The van der Waals surface area contributed by atoms with E-state index in [1.807, 2.05) is 0 Å². The topological polar surface area (TPSA) is 71.0 Å². The number of hydrogen-bond donors (Lipinski definition) is 2. The minimum absolute atomic E-state index is 0.00684. The summed E-state index contributed by atoms with van der Waals surface area (Å²) in [6, 6.07) is 0. The number of rotatable bonds is 7. The maximum atomic E-state index is 10.6. The van der Waals surface area contributed by atoms with Crippen LogP contribution in [0.4, 0.5) is 0 Å². The van der Waals surface area contributed by atoms with Crippen LogP contribution >= 0.6 is 11.6 Å². The van der Waals surface area contributed by atoms with Crippen molar-refractivity contribution in [3.63, 3.8) is 0 Å². The molecule has 0 saturated carbocycles. The molecule has 1 heterocycles. The molecule has 2 unspecified atom stereocenters. The molecule has 0 aromatic carbocycles. The number of aliphatic carboxylic acids is 1. The van der Waals surface area contributed by atoms with Gasteiger partial charge in [0, 0.05) is 12.1 Å². The van der Waals surface area contributed by atoms with Gasteiger partial charge in [-0.2, -0.15) is 4.89 Å². The highest BCUT2D eigenvalue weighted by molar-refractivity contribution is 6.31. The molecule has 2 atom stereocenters. The van der Waals surface area contributed by atoms with Gasteiger partial charge in [0.2, 0.25) is 0 Å². The Morgan fingerprint density at radius 2 is 2.09 bits per heavy atom. The maximum absolute atomic E-state index is 10.6. The Kier molecular flexibility index (Phi) is 8.25. The fourth-order valence-corrected chi connectivity index (χ4v) is 1.65. The van der Waals surface area contributed by atoms with Gasteiger partial charge in [0.25, 0.3) is 0 Å². The zero-order valence-electron chi connectivity index (χ0n) is 12.7. The quantitative estimate of drug-likeness (QED) is 0.422. The van der Waals surface area contributed by atoms with Gasteiger partial charge in [-0.05, 0) is 30.4 Å². The van der Waals surface area contributed by atoms with Gasteiger partial charge in [-0.15, -0.1) is 10.1 Å². The lowest BCUT2D eigenvalue weighted by Crippen LogP contribution is -2.52. The molecule has 7 heteroatoms. The molecule has 0 amide bonds. The van der Waals surface area contributed by atoms with Gasteiger partial charge in [0.15, 0.2) is 6.23 Å². The Morgan fingerprint density at radius 1 is 1.35 bits per heavy atom. The molecule has 1 aliphatic rings. The SMILES string of the molecule is C=C/C=C(Cl)\C=C\C1NC(/C=C/C=C\C(=C)C(=O)O)OON1C. The third kappa shape index (κ3) is 7.23. The van der Waals surface area contributed by atoms with E-state index in [4.69, 9.17) is 26.6 Å². The largest absolute Gasteiger partial charge is 0.478 e. The fraction of sp³-hybridized carbons (Fsp3) is 0.188. The van der Waals surface area contributed by atoms with Gasteiger partial charge in [-0.25, -0.2) is 4.79 Å². The number of hydrogen-bond acceptors (Lipinski definition) is 5. The summed E-state index contributed by atoms with van der Waals surface area (Å²) >= 11 is 5.95. The summed E-state index contributed by atoms with van der Waals surface area (Å²) in [6.07, 6.45) is 12.2. The second kappa shape index (κ2) is 9.94. The van der Waals surface area contributed by atoms with E-state index in [2.05, 4.69) is 18.5 Å². The van der Waals surface area contributed by atoms with E-state index in [-0.39, 0.29) is 11.7 Å². The van der Waals surface area contributed by atoms with E-state index in [0.717, 1.165) is 0 Å². The van der Waals surface area contributed by atoms with Crippen molar-refractivity contribution in [1.29, 1.82) is 0 Å². The number of carboxylic acid groups (broad SMARTS) is 1. The van der Waals surface area contributed by atoms with Crippen LogP contribution in [-0.4, -0.2) is 35.6 Å². The molecule has 1 saturated heterocycles. The number of carbonyl (C=O) groups is 1. The molecule has 0 aromatic rings. The summed E-state index contributed by atoms with van der Waals surface area (Å²) in [4.78, 5) is 20.7. The van der Waals surface area contributed by atoms with E-state index in [0.29, 0.717) is 5.03 Å². The first-order chi connectivity index (χ1) is 10.9. The van der Waals surface area contributed by atoms with Gasteiger partial charge >= 0.3 is 5.97 Å². The number of nitrogens with one attached hydrogen (secondary N) is 1. The van der Waals surface area contributed by atoms with Crippen LogP contribution in [0.2, 0.25) is 0 Å². The lowest BCUT2D eigenvalue weighted by atomic mass is 10.2. The minimum atomic E-state index is -1.07. The van der Waals surface area contributed by atoms with Crippen molar-refractivity contribution in [2.45, 2.75) is 12.4 Å². The highest BCUT2D eigenvalue weighted by Crippen LogP contribution is 2.11. The molecule has 6 nitrogen and oxygen atoms in total. The Hall–Kier alpha value is -1.96.